The number of carbonyl (C=O) groups is 1. The highest BCUT2D eigenvalue weighted by atomic mass is 127. The first-order chi connectivity index (χ1) is 5.15. The third kappa shape index (κ3) is 2.02. The Labute approximate surface area is 87.5 Å². The number of carbonyl (C=O) groups excluding carboxylic acids is 1. The molecule has 0 radical (unpaired) electrons. The minimum Gasteiger partial charge on any atom is -0.298 e. The lowest BCUT2D eigenvalue weighted by atomic mass is 10.2. The maximum atomic E-state index is 10.5. The van der Waals surface area contributed by atoms with Gasteiger partial charge < -0.3 is 0 Å². The van der Waals surface area contributed by atoms with Crippen LogP contribution in [0.4, 0.5) is 0 Å². The molecular formula is C8H6BrIO. The maximum Gasteiger partial charge on any atom is 0.151 e. The summed E-state index contributed by atoms with van der Waals surface area (Å²) in [6, 6.07) is 3.82. The highest BCUT2D eigenvalue weighted by Gasteiger charge is 2.01. The van der Waals surface area contributed by atoms with E-state index in [2.05, 4.69) is 38.5 Å². The van der Waals surface area contributed by atoms with Gasteiger partial charge in [0.1, 0.15) is 0 Å². The summed E-state index contributed by atoms with van der Waals surface area (Å²) >= 11 is 5.53. The first kappa shape index (κ1) is 9.19. The third-order valence-corrected chi connectivity index (χ3v) is 3.19. The number of hydrogen-bond acceptors (Lipinski definition) is 1. The molecule has 0 spiro atoms. The van der Waals surface area contributed by atoms with Crippen molar-refractivity contribution in [3.63, 3.8) is 0 Å². The molecule has 58 valence electrons. The van der Waals surface area contributed by atoms with Crippen LogP contribution in [0.3, 0.4) is 0 Å². The summed E-state index contributed by atoms with van der Waals surface area (Å²) in [5.41, 5.74) is 1.85. The molecule has 0 unspecified atom stereocenters. The molecule has 0 aromatic heterocycles. The number of halogens is 2. The molecule has 0 fully saturated rings. The minimum atomic E-state index is 0.756. The molecule has 1 aromatic carbocycles. The molecule has 1 nitrogen and oxygen atoms in total. The van der Waals surface area contributed by atoms with Crippen molar-refractivity contribution in [2.75, 3.05) is 0 Å². The fourth-order valence-corrected chi connectivity index (χ4v) is 2.14. The van der Waals surface area contributed by atoms with E-state index in [1.165, 1.54) is 0 Å². The van der Waals surface area contributed by atoms with Crippen LogP contribution in [0, 0.1) is 10.5 Å². The predicted molar refractivity (Wildman–Crippen MR) is 57.0 cm³/mol. The van der Waals surface area contributed by atoms with Crippen LogP contribution in [0.25, 0.3) is 0 Å². The molecule has 0 aliphatic rings. The molecule has 11 heavy (non-hydrogen) atoms. The van der Waals surface area contributed by atoms with E-state index >= 15 is 0 Å². The van der Waals surface area contributed by atoms with Crippen LogP contribution < -0.4 is 0 Å². The summed E-state index contributed by atoms with van der Waals surface area (Å²) in [5, 5.41) is 0. The largest absolute Gasteiger partial charge is 0.298 e. The van der Waals surface area contributed by atoms with Gasteiger partial charge in [-0.15, -0.1) is 0 Å². The summed E-state index contributed by atoms with van der Waals surface area (Å²) in [6.45, 7) is 1.97. The Morgan fingerprint density at radius 1 is 1.55 bits per heavy atom. The van der Waals surface area contributed by atoms with Crippen molar-refractivity contribution < 1.29 is 4.79 Å². The average molecular weight is 325 g/mol. The lowest BCUT2D eigenvalue weighted by Crippen LogP contribution is -1.87. The SMILES string of the molecule is Cc1cc(C=O)c(I)cc1Br. The molecule has 3 heteroatoms. The lowest BCUT2D eigenvalue weighted by molar-refractivity contribution is 0.112. The molecule has 0 amide bonds. The molecule has 0 heterocycles. The van der Waals surface area contributed by atoms with Crippen molar-refractivity contribution >= 4 is 44.8 Å². The number of aryl methyl sites for hydroxylation is 1. The third-order valence-electron chi connectivity index (χ3n) is 1.40. The molecule has 1 rings (SSSR count). The predicted octanol–water partition coefficient (Wildman–Crippen LogP) is 3.17. The van der Waals surface area contributed by atoms with Crippen LogP contribution in [-0.2, 0) is 0 Å². The first-order valence-electron chi connectivity index (χ1n) is 3.06. The van der Waals surface area contributed by atoms with E-state index in [1.807, 2.05) is 19.1 Å². The van der Waals surface area contributed by atoms with Gasteiger partial charge in [-0.2, -0.15) is 0 Å². The second-order valence-corrected chi connectivity index (χ2v) is 4.26. The molecular weight excluding hydrogens is 319 g/mol. The average Bonchev–Trinajstić information content (AvgIpc) is 1.97. The molecule has 1 aromatic rings. The second-order valence-electron chi connectivity index (χ2n) is 2.24. The van der Waals surface area contributed by atoms with Gasteiger partial charge in [0, 0.05) is 13.6 Å². The molecule has 0 saturated carbocycles. The molecule has 0 bridgehead atoms. The first-order valence-corrected chi connectivity index (χ1v) is 4.93. The quantitative estimate of drug-likeness (QED) is 0.573. The van der Waals surface area contributed by atoms with Crippen molar-refractivity contribution in [2.45, 2.75) is 6.92 Å². The number of aldehydes is 1. The molecule has 0 aliphatic heterocycles. The maximum absolute atomic E-state index is 10.5. The van der Waals surface area contributed by atoms with E-state index in [4.69, 9.17) is 0 Å². The second kappa shape index (κ2) is 3.67. The van der Waals surface area contributed by atoms with Crippen LogP contribution in [0.1, 0.15) is 15.9 Å². The van der Waals surface area contributed by atoms with E-state index in [9.17, 15) is 4.79 Å². The normalized spacial score (nSPS) is 9.73. The number of hydrogen-bond donors (Lipinski definition) is 0. The van der Waals surface area contributed by atoms with Gasteiger partial charge in [-0.05, 0) is 47.2 Å². The number of benzene rings is 1. The van der Waals surface area contributed by atoms with Crippen LogP contribution in [-0.4, -0.2) is 6.29 Å². The molecule has 0 atom stereocenters. The number of rotatable bonds is 1. The van der Waals surface area contributed by atoms with Crippen molar-refractivity contribution in [3.05, 3.63) is 31.3 Å². The smallest absolute Gasteiger partial charge is 0.151 e. The van der Waals surface area contributed by atoms with Gasteiger partial charge >= 0.3 is 0 Å². The zero-order valence-corrected chi connectivity index (χ0v) is 9.64. The summed E-state index contributed by atoms with van der Waals surface area (Å²) in [6.07, 6.45) is 0.876. The Hall–Kier alpha value is 0.100. The highest BCUT2D eigenvalue weighted by Crippen LogP contribution is 2.21. The Morgan fingerprint density at radius 2 is 2.18 bits per heavy atom. The van der Waals surface area contributed by atoms with Gasteiger partial charge in [-0.1, -0.05) is 15.9 Å². The van der Waals surface area contributed by atoms with Gasteiger partial charge in [0.25, 0.3) is 0 Å². The molecule has 0 N–H and O–H groups in total. The van der Waals surface area contributed by atoms with Gasteiger partial charge in [0.15, 0.2) is 6.29 Å². The van der Waals surface area contributed by atoms with Gasteiger partial charge in [0.05, 0.1) is 0 Å². The van der Waals surface area contributed by atoms with Crippen molar-refractivity contribution in [1.29, 1.82) is 0 Å². The van der Waals surface area contributed by atoms with Crippen molar-refractivity contribution in [2.24, 2.45) is 0 Å². The fourth-order valence-electron chi connectivity index (χ4n) is 0.770. The standard InChI is InChI=1S/C8H6BrIO/c1-5-2-6(4-11)8(10)3-7(5)9/h2-4H,1H3. The Kier molecular flexibility index (Phi) is 3.06. The van der Waals surface area contributed by atoms with E-state index in [0.717, 1.165) is 25.5 Å². The fraction of sp³-hybridized carbons (Fsp3) is 0.125. The van der Waals surface area contributed by atoms with Gasteiger partial charge in [-0.25, -0.2) is 0 Å². The van der Waals surface area contributed by atoms with E-state index < -0.39 is 0 Å². The zero-order chi connectivity index (χ0) is 8.43. The topological polar surface area (TPSA) is 17.1 Å². The van der Waals surface area contributed by atoms with Gasteiger partial charge in [0.2, 0.25) is 0 Å². The molecule has 0 aliphatic carbocycles. The lowest BCUT2D eigenvalue weighted by Gasteiger charge is -2.00. The zero-order valence-electron chi connectivity index (χ0n) is 5.90. The Bertz CT molecular complexity index is 296. The minimum absolute atomic E-state index is 0.756. The monoisotopic (exact) mass is 324 g/mol. The Balaban J connectivity index is 3.31. The van der Waals surface area contributed by atoms with Crippen LogP contribution in [0.15, 0.2) is 16.6 Å². The van der Waals surface area contributed by atoms with Gasteiger partial charge in [-0.3, -0.25) is 4.79 Å². The van der Waals surface area contributed by atoms with Crippen LogP contribution >= 0.6 is 38.5 Å². The van der Waals surface area contributed by atoms with Crippen LogP contribution in [0.5, 0.6) is 0 Å². The summed E-state index contributed by atoms with van der Waals surface area (Å²) < 4.78 is 2.03. The summed E-state index contributed by atoms with van der Waals surface area (Å²) in [5.74, 6) is 0. The van der Waals surface area contributed by atoms with E-state index in [1.54, 1.807) is 0 Å². The molecule has 0 saturated heterocycles. The van der Waals surface area contributed by atoms with Crippen molar-refractivity contribution in [1.82, 2.24) is 0 Å². The summed E-state index contributed by atoms with van der Waals surface area (Å²) in [7, 11) is 0. The summed E-state index contributed by atoms with van der Waals surface area (Å²) in [4.78, 5) is 10.5. The van der Waals surface area contributed by atoms with E-state index in [0.29, 0.717) is 0 Å². The van der Waals surface area contributed by atoms with Crippen LogP contribution in [0.2, 0.25) is 0 Å². The highest BCUT2D eigenvalue weighted by molar-refractivity contribution is 14.1. The Morgan fingerprint density at radius 3 is 2.73 bits per heavy atom. The van der Waals surface area contributed by atoms with Crippen molar-refractivity contribution in [3.8, 4) is 0 Å². The van der Waals surface area contributed by atoms with E-state index in [-0.39, 0.29) is 0 Å².